The molecule has 0 aromatic carbocycles. The molecule has 0 saturated carbocycles. The largest absolute Gasteiger partial charge is 0.342 e. The summed E-state index contributed by atoms with van der Waals surface area (Å²) in [5.74, 6) is 2.10. The average molecular weight is 96.1 g/mol. The van der Waals surface area contributed by atoms with Crippen LogP contribution >= 0.6 is 8.20 Å². The molecule has 0 saturated heterocycles. The minimum absolute atomic E-state index is 0.878. The summed E-state index contributed by atoms with van der Waals surface area (Å²) < 4.78 is 0. The van der Waals surface area contributed by atoms with E-state index in [2.05, 4.69) is 17.7 Å². The lowest BCUT2D eigenvalue weighted by molar-refractivity contribution is 2.02. The molecule has 1 atom stereocenters. The Morgan fingerprint density at radius 3 is 2.83 bits per heavy atom. The van der Waals surface area contributed by atoms with Crippen molar-refractivity contribution in [2.24, 2.45) is 0 Å². The number of hydrogen-bond donors (Lipinski definition) is 0. The van der Waals surface area contributed by atoms with Crippen LogP contribution in [0.15, 0.2) is 17.9 Å². The molecular weight excluding hydrogens is 91.0 g/mol. The van der Waals surface area contributed by atoms with Crippen LogP contribution in [0.1, 0.15) is 0 Å². The van der Waals surface area contributed by atoms with E-state index in [1.54, 1.807) is 0 Å². The van der Waals surface area contributed by atoms with Gasteiger partial charge in [0.25, 0.3) is 0 Å². The first-order chi connectivity index (χ1) is 3.00. The third-order valence-corrected chi connectivity index (χ3v) is 1.27. The smallest absolute Gasteiger partial charge is 0.0810 e. The summed E-state index contributed by atoms with van der Waals surface area (Å²) in [6.07, 6.45) is 5.98. The minimum Gasteiger partial charge on any atom is -0.342 e. The van der Waals surface area contributed by atoms with Gasteiger partial charge in [0, 0.05) is 8.20 Å². The van der Waals surface area contributed by atoms with Gasteiger partial charge in [-0.2, -0.15) is 6.08 Å². The van der Waals surface area contributed by atoms with Gasteiger partial charge < -0.3 is 5.73 Å². The van der Waals surface area contributed by atoms with Crippen molar-refractivity contribution in [1.29, 1.82) is 0 Å². The lowest BCUT2D eigenvalue weighted by Crippen LogP contribution is -1.57. The van der Waals surface area contributed by atoms with Crippen molar-refractivity contribution in [3.63, 3.8) is 0 Å². The van der Waals surface area contributed by atoms with E-state index < -0.39 is 0 Å². The van der Waals surface area contributed by atoms with E-state index in [4.69, 9.17) is 0 Å². The molecule has 1 heterocycles. The van der Waals surface area contributed by atoms with Gasteiger partial charge in [-0.05, 0) is 6.16 Å². The highest BCUT2D eigenvalue weighted by molar-refractivity contribution is 7.41. The van der Waals surface area contributed by atoms with Gasteiger partial charge >= 0.3 is 0 Å². The molecule has 1 heteroatoms. The Labute approximate surface area is 39.0 Å². The van der Waals surface area contributed by atoms with E-state index in [1.807, 2.05) is 12.2 Å². The molecule has 1 aliphatic rings. The maximum absolute atomic E-state index is 2.93. The molecule has 1 unspecified atom stereocenters. The van der Waals surface area contributed by atoms with E-state index in [9.17, 15) is 0 Å². The van der Waals surface area contributed by atoms with Crippen molar-refractivity contribution >= 4 is 14.0 Å². The summed E-state index contributed by atoms with van der Waals surface area (Å²) in [6.45, 7) is 0. The van der Waals surface area contributed by atoms with Gasteiger partial charge in [-0.25, -0.2) is 0 Å². The predicted molar refractivity (Wildman–Crippen MR) is 31.3 cm³/mol. The molecule has 0 fully saturated rings. The molecule has 0 aliphatic carbocycles. The Kier molecular flexibility index (Phi) is 1.17. The molecule has 6 heavy (non-hydrogen) atoms. The van der Waals surface area contributed by atoms with E-state index in [-0.39, 0.29) is 0 Å². The van der Waals surface area contributed by atoms with Crippen molar-refractivity contribution < 1.29 is 0 Å². The molecule has 1 rings (SSSR count). The first-order valence-corrected chi connectivity index (χ1v) is 2.98. The number of allylic oxidation sites excluding steroid dienone is 1. The van der Waals surface area contributed by atoms with Gasteiger partial charge in [0.15, 0.2) is 0 Å². The first-order valence-electron chi connectivity index (χ1n) is 1.82. The van der Waals surface area contributed by atoms with Crippen LogP contribution in [0.2, 0.25) is 0 Å². The Balaban J connectivity index is 2.78. The fourth-order valence-corrected chi connectivity index (χ4v) is 0.800. The topological polar surface area (TPSA) is 0 Å². The van der Waals surface area contributed by atoms with Crippen molar-refractivity contribution in [2.75, 3.05) is 0 Å². The highest BCUT2D eigenvalue weighted by atomic mass is 31.1. The summed E-state index contributed by atoms with van der Waals surface area (Å²) in [4.78, 5) is 0. The van der Waals surface area contributed by atoms with Crippen LogP contribution in [0.3, 0.4) is 0 Å². The van der Waals surface area contributed by atoms with Crippen LogP contribution in [-0.4, -0.2) is 5.80 Å². The van der Waals surface area contributed by atoms with Crippen LogP contribution in [0.4, 0.5) is 0 Å². The first kappa shape index (κ1) is 3.74. The number of hydrogen-bond acceptors (Lipinski definition) is 0. The summed E-state index contributed by atoms with van der Waals surface area (Å²) in [5.41, 5.74) is 2.93. The lowest BCUT2D eigenvalue weighted by Gasteiger charge is -1.80. The Bertz CT molecular complexity index is 116. The van der Waals surface area contributed by atoms with Crippen LogP contribution in [-0.2, 0) is 0 Å². The standard InChI is InChI=1S/C5H5P/c1-2-4-6-5-3-1/h2-6H. The monoisotopic (exact) mass is 96.0 g/mol. The minimum atomic E-state index is 0.878. The summed E-state index contributed by atoms with van der Waals surface area (Å²) in [5, 5.41) is 0. The van der Waals surface area contributed by atoms with Crippen LogP contribution in [0.25, 0.3) is 0 Å². The summed E-state index contributed by atoms with van der Waals surface area (Å²) in [7, 11) is 0.878. The van der Waals surface area contributed by atoms with Crippen molar-refractivity contribution in [2.45, 2.75) is 0 Å². The highest BCUT2D eigenvalue weighted by Gasteiger charge is 1.68. The second-order valence-electron chi connectivity index (χ2n) is 1.00. The highest BCUT2D eigenvalue weighted by Crippen LogP contribution is 2.02. The van der Waals surface area contributed by atoms with Crippen molar-refractivity contribution in [3.8, 4) is 0 Å². The van der Waals surface area contributed by atoms with Gasteiger partial charge in [0.05, 0.1) is 5.80 Å². The van der Waals surface area contributed by atoms with E-state index in [1.165, 1.54) is 0 Å². The van der Waals surface area contributed by atoms with Crippen LogP contribution in [0.5, 0.6) is 0 Å². The van der Waals surface area contributed by atoms with Gasteiger partial charge in [-0.15, -0.1) is 0 Å². The predicted octanol–water partition coefficient (Wildman–Crippen LogP) is 1.35. The lowest BCUT2D eigenvalue weighted by atomic mass is 10.6. The zero-order valence-electron chi connectivity index (χ0n) is 3.31. The molecule has 0 aromatic rings. The van der Waals surface area contributed by atoms with Crippen molar-refractivity contribution in [1.82, 2.24) is 0 Å². The number of rotatable bonds is 0. The van der Waals surface area contributed by atoms with E-state index in [0.717, 1.165) is 8.20 Å². The molecule has 0 aromatic heterocycles. The summed E-state index contributed by atoms with van der Waals surface area (Å²) in [6, 6.07) is 0. The Morgan fingerprint density at radius 2 is 2.67 bits per heavy atom. The molecule has 0 spiro atoms. The Morgan fingerprint density at radius 1 is 1.67 bits per heavy atom. The zero-order chi connectivity index (χ0) is 4.24. The molecule has 0 bridgehead atoms. The van der Waals surface area contributed by atoms with Crippen molar-refractivity contribution in [3.05, 3.63) is 24.0 Å². The third kappa shape index (κ3) is 0.755. The average Bonchev–Trinajstić information content (AvgIpc) is 1.72. The maximum atomic E-state index is 2.93. The quantitative estimate of drug-likeness (QED) is 0.242. The van der Waals surface area contributed by atoms with Gasteiger partial charge in [-0.3, -0.25) is 0 Å². The van der Waals surface area contributed by atoms with Gasteiger partial charge in [-0.1, -0.05) is 6.08 Å². The third-order valence-electron chi connectivity index (χ3n) is 0.552. The normalized spacial score (nSPS) is 17.3. The summed E-state index contributed by atoms with van der Waals surface area (Å²) >= 11 is 0. The second kappa shape index (κ2) is 1.87. The Hall–Kier alpha value is -0.440. The SMILES string of the molecule is C1=CC=[PH+][CH-]C=1. The van der Waals surface area contributed by atoms with Gasteiger partial charge in [0.2, 0.25) is 0 Å². The zero-order valence-corrected chi connectivity index (χ0v) is 4.31. The molecule has 1 aliphatic heterocycles. The van der Waals surface area contributed by atoms with Crippen LogP contribution in [0, 0.1) is 6.16 Å². The van der Waals surface area contributed by atoms with Crippen LogP contribution < -0.4 is 0 Å². The molecular formula is C5H5P. The van der Waals surface area contributed by atoms with E-state index in [0.29, 0.717) is 0 Å². The molecule has 0 radical (unpaired) electrons. The molecule has 30 valence electrons. The van der Waals surface area contributed by atoms with E-state index >= 15 is 0 Å². The molecule has 0 amide bonds. The molecule has 0 N–H and O–H groups in total. The van der Waals surface area contributed by atoms with Gasteiger partial charge in [0.1, 0.15) is 0 Å². The molecule has 0 nitrogen and oxygen atoms in total. The fraction of sp³-hybridized carbons (Fsp3) is 0. The fourth-order valence-electron chi connectivity index (χ4n) is 0.304. The maximum Gasteiger partial charge on any atom is 0.0810 e. The second-order valence-corrected chi connectivity index (χ2v) is 2.00.